The normalized spacial score (nSPS) is 10.9. The van der Waals surface area contributed by atoms with E-state index < -0.39 is 0 Å². The van der Waals surface area contributed by atoms with Crippen LogP contribution in [-0.2, 0) is 0 Å². The van der Waals surface area contributed by atoms with Gasteiger partial charge in [-0.2, -0.15) is 0 Å². The highest BCUT2D eigenvalue weighted by Crippen LogP contribution is 2.19. The molecule has 0 amide bonds. The average Bonchev–Trinajstić information content (AvgIpc) is 2.56. The monoisotopic (exact) mass is 308 g/mol. The molecule has 1 N–H and O–H groups in total. The molecule has 0 aliphatic heterocycles. The first kappa shape index (κ1) is 15.2. The van der Waals surface area contributed by atoms with Gasteiger partial charge in [0.1, 0.15) is 12.4 Å². The minimum Gasteiger partial charge on any atom is -0.492 e. The molecule has 3 rings (SSSR count). The van der Waals surface area contributed by atoms with Gasteiger partial charge in [0, 0.05) is 23.8 Å². The Balaban J connectivity index is 1.65. The first-order valence-electron chi connectivity index (χ1n) is 7.57. The molecule has 0 fully saturated rings. The van der Waals surface area contributed by atoms with Gasteiger partial charge in [0.15, 0.2) is 0 Å². The summed E-state index contributed by atoms with van der Waals surface area (Å²) in [5.41, 5.74) is 1.86. The standard InChI is InChI=1S/C18H20N4O/c1-22(2)11-12-23-16-9-7-15(8-10-16)20-18-19-13-14-5-3-4-6-17(14)21-18/h3-10,13H,11-12H2,1-2H3,(H,19,20,21). The van der Waals surface area contributed by atoms with Crippen molar-refractivity contribution in [1.82, 2.24) is 14.9 Å². The molecule has 23 heavy (non-hydrogen) atoms. The molecular formula is C18H20N4O. The molecule has 0 aliphatic rings. The van der Waals surface area contributed by atoms with Crippen molar-refractivity contribution in [2.45, 2.75) is 0 Å². The first-order valence-corrected chi connectivity index (χ1v) is 7.57. The van der Waals surface area contributed by atoms with Crippen molar-refractivity contribution in [3.05, 3.63) is 54.7 Å². The molecule has 1 heterocycles. The number of rotatable bonds is 6. The molecular weight excluding hydrogens is 288 g/mol. The van der Waals surface area contributed by atoms with Crippen LogP contribution in [0.3, 0.4) is 0 Å². The Hall–Kier alpha value is -2.66. The van der Waals surface area contributed by atoms with E-state index in [1.54, 1.807) is 0 Å². The Bertz CT molecular complexity index is 771. The Morgan fingerprint density at radius 3 is 2.61 bits per heavy atom. The number of ether oxygens (including phenoxy) is 1. The number of anilines is 2. The third-order valence-corrected chi connectivity index (χ3v) is 3.41. The van der Waals surface area contributed by atoms with Crippen LogP contribution in [0.5, 0.6) is 5.75 Å². The van der Waals surface area contributed by atoms with E-state index in [0.29, 0.717) is 12.6 Å². The number of aromatic nitrogens is 2. The summed E-state index contributed by atoms with van der Waals surface area (Å²) >= 11 is 0. The van der Waals surface area contributed by atoms with Gasteiger partial charge in [-0.3, -0.25) is 0 Å². The fraction of sp³-hybridized carbons (Fsp3) is 0.222. The second-order valence-electron chi connectivity index (χ2n) is 5.55. The second kappa shape index (κ2) is 7.07. The maximum atomic E-state index is 5.68. The molecule has 0 atom stereocenters. The number of hydrogen-bond donors (Lipinski definition) is 1. The summed E-state index contributed by atoms with van der Waals surface area (Å²) in [7, 11) is 4.06. The van der Waals surface area contributed by atoms with E-state index in [2.05, 4.69) is 20.2 Å². The predicted molar refractivity (Wildman–Crippen MR) is 93.3 cm³/mol. The third kappa shape index (κ3) is 4.17. The summed E-state index contributed by atoms with van der Waals surface area (Å²) in [6.07, 6.45) is 1.82. The SMILES string of the molecule is CN(C)CCOc1ccc(Nc2ncc3ccccc3n2)cc1. The summed E-state index contributed by atoms with van der Waals surface area (Å²) in [6.45, 7) is 1.57. The number of benzene rings is 2. The Labute approximate surface area is 135 Å². The number of fused-ring (bicyclic) bond motifs is 1. The average molecular weight is 308 g/mol. The molecule has 0 aliphatic carbocycles. The van der Waals surface area contributed by atoms with Crippen LogP contribution in [0.1, 0.15) is 0 Å². The Morgan fingerprint density at radius 2 is 1.83 bits per heavy atom. The van der Waals surface area contributed by atoms with E-state index in [0.717, 1.165) is 28.9 Å². The van der Waals surface area contributed by atoms with Crippen LogP contribution in [-0.4, -0.2) is 42.1 Å². The van der Waals surface area contributed by atoms with Crippen LogP contribution in [0.15, 0.2) is 54.7 Å². The van der Waals surface area contributed by atoms with Crippen molar-refractivity contribution >= 4 is 22.5 Å². The van der Waals surface area contributed by atoms with Crippen LogP contribution in [0.2, 0.25) is 0 Å². The highest BCUT2D eigenvalue weighted by Gasteiger charge is 2.01. The molecule has 0 saturated heterocycles. The molecule has 0 bridgehead atoms. The van der Waals surface area contributed by atoms with E-state index in [1.807, 2.05) is 68.8 Å². The highest BCUT2D eigenvalue weighted by molar-refractivity contribution is 5.78. The molecule has 1 aromatic heterocycles. The number of para-hydroxylation sites is 1. The van der Waals surface area contributed by atoms with Gasteiger partial charge in [0.25, 0.3) is 0 Å². The summed E-state index contributed by atoms with van der Waals surface area (Å²) in [5.74, 6) is 1.45. The van der Waals surface area contributed by atoms with Gasteiger partial charge in [0.2, 0.25) is 5.95 Å². The van der Waals surface area contributed by atoms with Crippen LogP contribution < -0.4 is 10.1 Å². The number of nitrogens with zero attached hydrogens (tertiary/aromatic N) is 3. The highest BCUT2D eigenvalue weighted by atomic mass is 16.5. The zero-order chi connectivity index (χ0) is 16.1. The number of hydrogen-bond acceptors (Lipinski definition) is 5. The first-order chi connectivity index (χ1) is 11.2. The number of nitrogens with one attached hydrogen (secondary N) is 1. The second-order valence-corrected chi connectivity index (χ2v) is 5.55. The minimum absolute atomic E-state index is 0.588. The van der Waals surface area contributed by atoms with Crippen molar-refractivity contribution in [2.75, 3.05) is 32.6 Å². The molecule has 5 nitrogen and oxygen atoms in total. The smallest absolute Gasteiger partial charge is 0.227 e. The summed E-state index contributed by atoms with van der Waals surface area (Å²) < 4.78 is 5.68. The Morgan fingerprint density at radius 1 is 1.04 bits per heavy atom. The van der Waals surface area contributed by atoms with Gasteiger partial charge >= 0.3 is 0 Å². The summed E-state index contributed by atoms with van der Waals surface area (Å²) in [6, 6.07) is 15.7. The summed E-state index contributed by atoms with van der Waals surface area (Å²) in [4.78, 5) is 10.9. The molecule has 0 unspecified atom stereocenters. The van der Waals surface area contributed by atoms with Crippen molar-refractivity contribution in [2.24, 2.45) is 0 Å². The topological polar surface area (TPSA) is 50.3 Å². The van der Waals surface area contributed by atoms with Crippen LogP contribution >= 0.6 is 0 Å². The van der Waals surface area contributed by atoms with Gasteiger partial charge in [0.05, 0.1) is 5.52 Å². The fourth-order valence-electron chi connectivity index (χ4n) is 2.14. The largest absolute Gasteiger partial charge is 0.492 e. The molecule has 0 radical (unpaired) electrons. The van der Waals surface area contributed by atoms with E-state index in [4.69, 9.17) is 4.74 Å². The minimum atomic E-state index is 0.588. The lowest BCUT2D eigenvalue weighted by molar-refractivity contribution is 0.261. The van der Waals surface area contributed by atoms with E-state index >= 15 is 0 Å². The molecule has 0 saturated carbocycles. The summed E-state index contributed by atoms with van der Waals surface area (Å²) in [5, 5.41) is 4.24. The van der Waals surface area contributed by atoms with Crippen molar-refractivity contribution < 1.29 is 4.74 Å². The third-order valence-electron chi connectivity index (χ3n) is 3.41. The predicted octanol–water partition coefficient (Wildman–Crippen LogP) is 3.31. The van der Waals surface area contributed by atoms with Gasteiger partial charge in [-0.05, 0) is 44.4 Å². The van der Waals surface area contributed by atoms with Crippen molar-refractivity contribution in [3.63, 3.8) is 0 Å². The lowest BCUT2D eigenvalue weighted by Crippen LogP contribution is -2.19. The zero-order valence-electron chi connectivity index (χ0n) is 13.4. The Kier molecular flexibility index (Phi) is 4.68. The number of likely N-dealkylation sites (N-methyl/N-ethyl adjacent to an activating group) is 1. The van der Waals surface area contributed by atoms with Crippen LogP contribution in [0, 0.1) is 0 Å². The zero-order valence-corrected chi connectivity index (χ0v) is 13.4. The lowest BCUT2D eigenvalue weighted by Gasteiger charge is -2.11. The molecule has 3 aromatic rings. The lowest BCUT2D eigenvalue weighted by atomic mass is 10.2. The van der Waals surface area contributed by atoms with Crippen LogP contribution in [0.25, 0.3) is 10.9 Å². The molecule has 118 valence electrons. The quantitative estimate of drug-likeness (QED) is 0.757. The van der Waals surface area contributed by atoms with Gasteiger partial charge in [-0.1, -0.05) is 18.2 Å². The van der Waals surface area contributed by atoms with E-state index in [1.165, 1.54) is 0 Å². The van der Waals surface area contributed by atoms with Crippen molar-refractivity contribution in [1.29, 1.82) is 0 Å². The van der Waals surface area contributed by atoms with Crippen molar-refractivity contribution in [3.8, 4) is 5.75 Å². The van der Waals surface area contributed by atoms with Gasteiger partial charge < -0.3 is 15.0 Å². The van der Waals surface area contributed by atoms with Gasteiger partial charge in [-0.25, -0.2) is 9.97 Å². The van der Waals surface area contributed by atoms with E-state index in [9.17, 15) is 0 Å². The maximum Gasteiger partial charge on any atom is 0.227 e. The fourth-order valence-corrected chi connectivity index (χ4v) is 2.14. The molecule has 5 heteroatoms. The molecule has 2 aromatic carbocycles. The van der Waals surface area contributed by atoms with E-state index in [-0.39, 0.29) is 0 Å². The molecule has 0 spiro atoms. The van der Waals surface area contributed by atoms with Gasteiger partial charge in [-0.15, -0.1) is 0 Å². The maximum absolute atomic E-state index is 5.68. The van der Waals surface area contributed by atoms with Crippen LogP contribution in [0.4, 0.5) is 11.6 Å².